The molecule has 0 fully saturated rings. The van der Waals surface area contributed by atoms with Crippen LogP contribution in [0.4, 0.5) is 0 Å². The van der Waals surface area contributed by atoms with E-state index in [2.05, 4.69) is 0 Å². The molecule has 0 aromatic heterocycles. The predicted molar refractivity (Wildman–Crippen MR) is 8.89 cm³/mol. The zero-order valence-electron chi connectivity index (χ0n) is 2.19. The fourth-order valence-electron chi connectivity index (χ4n) is 0. The van der Waals surface area contributed by atoms with Gasteiger partial charge in [0, 0.05) is 0 Å². The van der Waals surface area contributed by atoms with Gasteiger partial charge in [-0.1, -0.05) is 0 Å². The van der Waals surface area contributed by atoms with Crippen molar-refractivity contribution in [1.82, 2.24) is 6.15 Å². The Bertz CT molecular complexity index is 13.5. The van der Waals surface area contributed by atoms with E-state index in [9.17, 15) is 0 Å². The molecule has 0 aliphatic rings. The van der Waals surface area contributed by atoms with Gasteiger partial charge in [-0.05, 0) is 0 Å². The van der Waals surface area contributed by atoms with Crippen LogP contribution in [0.3, 0.4) is 0 Å². The summed E-state index contributed by atoms with van der Waals surface area (Å²) in [6.07, 6.45) is 0. The first-order valence-corrected chi connectivity index (χ1v) is 1.18. The van der Waals surface area contributed by atoms with Gasteiger partial charge < -0.3 is 6.15 Å². The second kappa shape index (κ2) is 10.6. The van der Waals surface area contributed by atoms with Gasteiger partial charge >= 0.3 is 23.0 Å². The van der Waals surface area contributed by atoms with E-state index >= 15 is 0 Å². The van der Waals surface area contributed by atoms with Crippen LogP contribution < -0.4 is 6.15 Å². The van der Waals surface area contributed by atoms with Crippen LogP contribution in [-0.2, 0) is 18.8 Å². The molecule has 0 radical (unpaired) electrons. The Morgan fingerprint density at radius 1 is 1.75 bits per heavy atom. The molecule has 0 unspecified atom stereocenters. The van der Waals surface area contributed by atoms with Gasteiger partial charge in [0.15, 0.2) is 0 Å². The monoisotopic (exact) mass is 110 g/mol. The molecule has 31 valence electrons. The van der Waals surface area contributed by atoms with Crippen molar-refractivity contribution in [3.63, 3.8) is 0 Å². The maximum absolute atomic E-state index is 8.45. The van der Waals surface area contributed by atoms with Crippen LogP contribution in [0.1, 0.15) is 0 Å². The summed E-state index contributed by atoms with van der Waals surface area (Å²) in [4.78, 5) is 0. The normalized spacial score (nSPS) is 5.25. The molecule has 0 heterocycles. The van der Waals surface area contributed by atoms with Gasteiger partial charge in [-0.3, -0.25) is 0 Å². The summed E-state index contributed by atoms with van der Waals surface area (Å²) in [5.74, 6) is 0. The molecule has 4 heavy (non-hydrogen) atoms. The summed E-state index contributed by atoms with van der Waals surface area (Å²) < 4.78 is 15.4. The van der Waals surface area contributed by atoms with Crippen LogP contribution in [0, 0.1) is 0 Å². The molecule has 3 nitrogen and oxygen atoms in total. The molecule has 0 aromatic rings. The molecule has 0 aliphatic carbocycles. The van der Waals surface area contributed by atoms with Gasteiger partial charge in [0.05, 0.1) is 0 Å². The average Bonchev–Trinajstić information content (AvgIpc) is 0.918. The Morgan fingerprint density at radius 2 is 1.75 bits per heavy atom. The van der Waals surface area contributed by atoms with Crippen molar-refractivity contribution in [1.29, 1.82) is 0 Å². The molecule has 0 rings (SSSR count). The quantitative estimate of drug-likeness (QED) is 0.449. The Hall–Kier alpha value is 0.226. The summed E-state index contributed by atoms with van der Waals surface area (Å²) in [6.45, 7) is 0. The van der Waals surface area contributed by atoms with E-state index in [0.717, 1.165) is 0 Å². The third-order valence-electron chi connectivity index (χ3n) is 0. The molecule has 0 saturated carbocycles. The van der Waals surface area contributed by atoms with Crippen molar-refractivity contribution in [2.75, 3.05) is 0 Å². The van der Waals surface area contributed by atoms with Crippen LogP contribution in [0.2, 0.25) is 0 Å². The zero-order chi connectivity index (χ0) is 2.71. The molecule has 5 N–H and O–H groups in total. The molecule has 0 amide bonds. The minimum absolute atomic E-state index is 0. The van der Waals surface area contributed by atoms with Crippen molar-refractivity contribution in [2.45, 2.75) is 0 Å². The van der Waals surface area contributed by atoms with Gasteiger partial charge in [0.25, 0.3) is 0 Å². The molecule has 0 saturated heterocycles. The molecule has 0 aromatic carbocycles. The summed E-state index contributed by atoms with van der Waals surface area (Å²) in [7, 11) is 0. The maximum atomic E-state index is 8.45. The standard InChI is InChI=1S/Co.H3N.H2O.O/h;1H3;1H2;. The Labute approximate surface area is 30.1 Å². The van der Waals surface area contributed by atoms with Crippen LogP contribution in [0.5, 0.6) is 0 Å². The molecule has 0 atom stereocenters. The van der Waals surface area contributed by atoms with E-state index < -0.39 is 15.0 Å². The van der Waals surface area contributed by atoms with Gasteiger partial charge in [0.2, 0.25) is 0 Å². The third kappa shape index (κ3) is 65.3. The summed E-state index contributed by atoms with van der Waals surface area (Å²) >= 11 is -0.812. The number of quaternary nitrogens is 1. The van der Waals surface area contributed by atoms with Crippen molar-refractivity contribution < 1.29 is 23.0 Å². The Balaban J connectivity index is 0. The predicted octanol–water partition coefficient (Wildman–Crippen LogP) is -0.302. The van der Waals surface area contributed by atoms with Gasteiger partial charge in [0.1, 0.15) is 0 Å². The topological polar surface area (TPSA) is 73.8 Å². The number of hydrogen-bond acceptors (Lipinski definition) is 1. The molecule has 0 spiro atoms. The van der Waals surface area contributed by atoms with Crippen LogP contribution in [-0.4, -0.2) is 4.22 Å². The van der Waals surface area contributed by atoms with E-state index in [1.54, 1.807) is 0 Å². The molecule has 4 heteroatoms. The van der Waals surface area contributed by atoms with E-state index in [1.807, 2.05) is 0 Å². The Morgan fingerprint density at radius 3 is 1.75 bits per heavy atom. The minimum atomic E-state index is -0.812. The first-order valence-electron chi connectivity index (χ1n) is 0.285. The summed E-state index contributed by atoms with van der Waals surface area (Å²) in [5, 5.41) is 0. The van der Waals surface area contributed by atoms with Gasteiger partial charge in [-0.2, -0.15) is 0 Å². The van der Waals surface area contributed by atoms with Crippen LogP contribution in [0.25, 0.3) is 0 Å². The average molecular weight is 110 g/mol. The van der Waals surface area contributed by atoms with E-state index in [4.69, 9.17) is 8.08 Å². The number of hydrogen-bond donors (Lipinski definition) is 2. The fourth-order valence-corrected chi connectivity index (χ4v) is 0. The van der Waals surface area contributed by atoms with Crippen molar-refractivity contribution >= 4 is 0 Å². The first kappa shape index (κ1) is 8.88. The fraction of sp³-hybridized carbons (Fsp3) is 0. The molecule has 0 aliphatic heterocycles. The van der Waals surface area contributed by atoms with Crippen molar-refractivity contribution in [3.8, 4) is 0 Å². The Kier molecular flexibility index (Phi) is 23.6. The van der Waals surface area contributed by atoms with Gasteiger partial charge in [-0.25, -0.2) is 0 Å². The molecular formula is H5CoNO2. The second-order valence-corrected chi connectivity index (χ2v) is 0.251. The summed E-state index contributed by atoms with van der Waals surface area (Å²) in [6, 6.07) is 0. The first-order chi connectivity index (χ1) is 1.41. The van der Waals surface area contributed by atoms with E-state index in [-0.39, 0.29) is 6.15 Å². The van der Waals surface area contributed by atoms with Crippen molar-refractivity contribution in [2.24, 2.45) is 0 Å². The summed E-state index contributed by atoms with van der Waals surface area (Å²) in [5.41, 5.74) is 0. The van der Waals surface area contributed by atoms with E-state index in [1.165, 1.54) is 0 Å². The second-order valence-electron chi connectivity index (χ2n) is 0.0609. The molecule has 0 bridgehead atoms. The van der Waals surface area contributed by atoms with E-state index in [0.29, 0.717) is 0 Å². The van der Waals surface area contributed by atoms with Crippen LogP contribution >= 0.6 is 0 Å². The third-order valence-corrected chi connectivity index (χ3v) is 0. The van der Waals surface area contributed by atoms with Gasteiger partial charge in [-0.15, -0.1) is 0 Å². The molecular weight excluding hydrogens is 105 g/mol. The zero-order valence-corrected chi connectivity index (χ0v) is 3.23. The SMILES string of the molecule is [NH4+].[O]=[Co-][OH]. The van der Waals surface area contributed by atoms with Crippen molar-refractivity contribution in [3.05, 3.63) is 0 Å². The number of rotatable bonds is 0. The van der Waals surface area contributed by atoms with Crippen LogP contribution in [0.15, 0.2) is 0 Å².